The highest BCUT2D eigenvalue weighted by Gasteiger charge is 2.54. The number of β-lactam (4-membered cyclic amide) rings is 1. The minimum absolute atomic E-state index is 0.0520. The number of aryl methyl sites for hydroxylation is 1. The molecule has 2 aromatic heterocycles. The van der Waals surface area contributed by atoms with Gasteiger partial charge in [0.2, 0.25) is 0 Å². The molecule has 0 radical (unpaired) electrons. The van der Waals surface area contributed by atoms with Gasteiger partial charge in [0.1, 0.15) is 22.1 Å². The van der Waals surface area contributed by atoms with Crippen LogP contribution in [0.2, 0.25) is 0 Å². The van der Waals surface area contributed by atoms with Crippen molar-refractivity contribution in [1.29, 1.82) is 0 Å². The molecular weight excluding hydrogens is 533 g/mol. The van der Waals surface area contributed by atoms with Crippen molar-refractivity contribution in [1.82, 2.24) is 30.4 Å². The number of aromatic amines is 1. The first kappa shape index (κ1) is 24.1. The van der Waals surface area contributed by atoms with Gasteiger partial charge < -0.3 is 15.0 Å². The zero-order valence-electron chi connectivity index (χ0n) is 18.1. The highest BCUT2D eigenvalue weighted by atomic mass is 32.2. The van der Waals surface area contributed by atoms with Gasteiger partial charge in [-0.05, 0) is 24.6 Å². The number of rotatable bonds is 8. The second-order valence-electron chi connectivity index (χ2n) is 7.64. The summed E-state index contributed by atoms with van der Waals surface area (Å²) < 4.78 is 13.3. The van der Waals surface area contributed by atoms with E-state index in [1.807, 2.05) is 13.0 Å². The molecule has 15 heteroatoms. The third-order valence-electron chi connectivity index (χ3n) is 5.29. The highest BCUT2D eigenvalue weighted by molar-refractivity contribution is 8.01. The molecular formula is C20H18N6O5S4. The molecule has 4 heterocycles. The lowest BCUT2D eigenvalue weighted by atomic mass is 10.0. The summed E-state index contributed by atoms with van der Waals surface area (Å²) in [5.74, 6) is -1.87. The van der Waals surface area contributed by atoms with E-state index in [9.17, 15) is 24.0 Å². The molecule has 182 valence electrons. The number of nitrogens with one attached hydrogen (secondary N) is 2. The normalized spacial score (nSPS) is 20.5. The number of carbonyl (C=O) groups excluding carboxylic acids is 2. The molecule has 35 heavy (non-hydrogen) atoms. The summed E-state index contributed by atoms with van der Waals surface area (Å²) in [4.78, 5) is 45.7. The first-order valence-corrected chi connectivity index (χ1v) is 14.4. The zero-order valence-corrected chi connectivity index (χ0v) is 21.4. The lowest BCUT2D eigenvalue weighted by molar-refractivity contribution is -0.150. The van der Waals surface area contributed by atoms with Crippen molar-refractivity contribution in [3.63, 3.8) is 0 Å². The second-order valence-corrected chi connectivity index (χ2v) is 12.5. The molecule has 0 saturated carbocycles. The molecule has 0 aliphatic carbocycles. The van der Waals surface area contributed by atoms with Gasteiger partial charge in [-0.1, -0.05) is 35.2 Å². The molecule has 1 saturated heterocycles. The number of nitrogens with zero attached hydrogens (tertiary/aromatic N) is 4. The first-order chi connectivity index (χ1) is 16.8. The number of para-hydroxylation sites is 2. The topological polar surface area (TPSA) is 164 Å². The number of hydrogen-bond donors (Lipinski definition) is 3. The Balaban J connectivity index is 1.23. The Morgan fingerprint density at radius 1 is 1.37 bits per heavy atom. The van der Waals surface area contributed by atoms with E-state index >= 15 is 0 Å². The number of H-pyrrole nitrogens is 1. The number of carboxylic acids is 1. The van der Waals surface area contributed by atoms with Crippen LogP contribution in [0.15, 0.2) is 45.0 Å². The number of benzene rings is 1. The number of aliphatic carboxylic acids is 1. The standard InChI is InChI=1S/C20H18N6O5S4/c1-9-24-25-20(34-9)33-7-10-6-32-17-14(16(28)26(17)15(10)18(29)30)23-13(27)8-35(31)19-21-11-4-2-3-5-12(11)22-19/h2-5,14,17H,6-8H2,1H3,(H,21,22)(H,23,27)(H,29,30)/t14?,17-,35?/m1/s1. The Morgan fingerprint density at radius 2 is 2.17 bits per heavy atom. The van der Waals surface area contributed by atoms with E-state index in [-0.39, 0.29) is 16.6 Å². The zero-order chi connectivity index (χ0) is 24.7. The van der Waals surface area contributed by atoms with Crippen molar-refractivity contribution in [3.8, 4) is 0 Å². The lowest BCUT2D eigenvalue weighted by Crippen LogP contribution is -2.71. The number of amides is 2. The summed E-state index contributed by atoms with van der Waals surface area (Å²) in [6, 6.07) is 6.30. The van der Waals surface area contributed by atoms with Crippen LogP contribution in [-0.2, 0) is 25.6 Å². The quantitative estimate of drug-likeness (QED) is 0.212. The molecule has 1 fully saturated rings. The second kappa shape index (κ2) is 9.81. The third kappa shape index (κ3) is 4.78. The molecule has 2 aliphatic heterocycles. The summed E-state index contributed by atoms with van der Waals surface area (Å²) in [6.45, 7) is 1.84. The number of imidazole rings is 1. The molecule has 1 aromatic carbocycles. The molecule has 11 nitrogen and oxygen atoms in total. The number of thioether (sulfide) groups is 2. The molecule has 2 unspecified atom stereocenters. The SMILES string of the molecule is Cc1nnc(SCC2=C(C(=O)O)N3C(=O)C(NC(=O)C[S+]([O-])c4nc5ccccc5[nH]4)[C@H]3SC2)s1. The maximum atomic E-state index is 12.8. The van der Waals surface area contributed by atoms with Crippen molar-refractivity contribution in [2.75, 3.05) is 17.3 Å². The molecule has 3 atom stereocenters. The average Bonchev–Trinajstić information content (AvgIpc) is 3.46. The van der Waals surface area contributed by atoms with Crippen LogP contribution in [0.3, 0.4) is 0 Å². The predicted molar refractivity (Wildman–Crippen MR) is 132 cm³/mol. The van der Waals surface area contributed by atoms with Crippen LogP contribution >= 0.6 is 34.9 Å². The minimum Gasteiger partial charge on any atom is -0.609 e. The lowest BCUT2D eigenvalue weighted by Gasteiger charge is -2.49. The van der Waals surface area contributed by atoms with Crippen LogP contribution in [-0.4, -0.2) is 81.2 Å². The van der Waals surface area contributed by atoms with Gasteiger partial charge in [0.25, 0.3) is 11.8 Å². The fraction of sp³-hybridized carbons (Fsp3) is 0.300. The van der Waals surface area contributed by atoms with Crippen LogP contribution in [0.25, 0.3) is 11.0 Å². The Kier molecular flexibility index (Phi) is 6.76. The van der Waals surface area contributed by atoms with Gasteiger partial charge in [0, 0.05) is 22.7 Å². The minimum atomic E-state index is -1.73. The monoisotopic (exact) mass is 550 g/mol. The third-order valence-corrected chi connectivity index (χ3v) is 9.84. The Bertz CT molecular complexity index is 1320. The van der Waals surface area contributed by atoms with Crippen LogP contribution < -0.4 is 5.32 Å². The Hall–Kier alpha value is -2.59. The van der Waals surface area contributed by atoms with Crippen molar-refractivity contribution in [2.24, 2.45) is 0 Å². The van der Waals surface area contributed by atoms with Crippen LogP contribution in [0, 0.1) is 6.92 Å². The summed E-state index contributed by atoms with van der Waals surface area (Å²) in [5, 5.41) is 20.8. The maximum absolute atomic E-state index is 12.8. The highest BCUT2D eigenvalue weighted by Crippen LogP contribution is 2.41. The van der Waals surface area contributed by atoms with Crippen molar-refractivity contribution < 1.29 is 24.0 Å². The van der Waals surface area contributed by atoms with Crippen molar-refractivity contribution in [3.05, 3.63) is 40.5 Å². The van der Waals surface area contributed by atoms with Gasteiger partial charge in [-0.15, -0.1) is 22.0 Å². The first-order valence-electron chi connectivity index (χ1n) is 10.3. The van der Waals surface area contributed by atoms with E-state index < -0.39 is 40.4 Å². The van der Waals surface area contributed by atoms with Gasteiger partial charge in [0.05, 0.1) is 11.0 Å². The Labute approximate surface area is 214 Å². The summed E-state index contributed by atoms with van der Waals surface area (Å²) in [7, 11) is 0. The van der Waals surface area contributed by atoms with Gasteiger partial charge in [-0.3, -0.25) is 19.5 Å². The number of aromatic nitrogens is 4. The van der Waals surface area contributed by atoms with E-state index in [0.29, 0.717) is 28.1 Å². The fourth-order valence-corrected chi connectivity index (χ4v) is 7.90. The summed E-state index contributed by atoms with van der Waals surface area (Å²) in [5.41, 5.74) is 1.91. The summed E-state index contributed by atoms with van der Waals surface area (Å²) in [6.07, 6.45) is 0. The van der Waals surface area contributed by atoms with Crippen molar-refractivity contribution in [2.45, 2.75) is 27.8 Å². The smallest absolute Gasteiger partial charge is 0.352 e. The molecule has 0 spiro atoms. The average molecular weight is 551 g/mol. The Morgan fingerprint density at radius 3 is 2.89 bits per heavy atom. The fourth-order valence-electron chi connectivity index (χ4n) is 3.72. The van der Waals surface area contributed by atoms with E-state index in [1.165, 1.54) is 39.8 Å². The van der Waals surface area contributed by atoms with E-state index in [1.54, 1.807) is 18.2 Å². The number of carbonyl (C=O) groups is 3. The van der Waals surface area contributed by atoms with E-state index in [0.717, 1.165) is 9.35 Å². The van der Waals surface area contributed by atoms with Gasteiger partial charge in [-0.2, -0.15) is 4.98 Å². The molecule has 0 bridgehead atoms. The van der Waals surface area contributed by atoms with E-state index in [4.69, 9.17) is 0 Å². The van der Waals surface area contributed by atoms with E-state index in [2.05, 4.69) is 25.5 Å². The van der Waals surface area contributed by atoms with Crippen molar-refractivity contribution >= 4 is 74.9 Å². The number of fused-ring (bicyclic) bond motifs is 2. The van der Waals surface area contributed by atoms with Gasteiger partial charge in [-0.25, -0.2) is 4.79 Å². The van der Waals surface area contributed by atoms with Gasteiger partial charge >= 0.3 is 11.1 Å². The number of hydrogen-bond acceptors (Lipinski definition) is 10. The maximum Gasteiger partial charge on any atom is 0.352 e. The van der Waals surface area contributed by atoms with Gasteiger partial charge in [0.15, 0.2) is 10.1 Å². The van der Waals surface area contributed by atoms with Crippen LogP contribution in [0.1, 0.15) is 5.01 Å². The van der Waals surface area contributed by atoms with Crippen LogP contribution in [0.5, 0.6) is 0 Å². The summed E-state index contributed by atoms with van der Waals surface area (Å²) >= 11 is 2.45. The molecule has 5 rings (SSSR count). The predicted octanol–water partition coefficient (Wildman–Crippen LogP) is 1.36. The number of carboxylic acid groups (broad SMARTS) is 1. The molecule has 2 aliphatic rings. The molecule has 2 amide bonds. The molecule has 3 N–H and O–H groups in total. The molecule has 3 aromatic rings. The largest absolute Gasteiger partial charge is 0.609 e. The van der Waals surface area contributed by atoms with Crippen LogP contribution in [0.4, 0.5) is 0 Å².